The summed E-state index contributed by atoms with van der Waals surface area (Å²) in [5.74, 6) is 0. The van der Waals surface area contributed by atoms with Gasteiger partial charge in [-0.1, -0.05) is 23.7 Å². The molecule has 0 aliphatic carbocycles. The van der Waals surface area contributed by atoms with Crippen molar-refractivity contribution in [3.8, 4) is 11.3 Å². The summed E-state index contributed by atoms with van der Waals surface area (Å²) in [7, 11) is 0. The molecule has 2 rings (SSSR count). The molecule has 0 bridgehead atoms. The van der Waals surface area contributed by atoms with Crippen molar-refractivity contribution in [2.75, 3.05) is 6.61 Å². The van der Waals surface area contributed by atoms with Gasteiger partial charge >= 0.3 is 0 Å². The second kappa shape index (κ2) is 5.48. The topological polar surface area (TPSA) is 59.1 Å². The zero-order valence-electron chi connectivity index (χ0n) is 10.1. The molecule has 1 unspecified atom stereocenters. The minimum Gasteiger partial charge on any atom is -0.394 e. The molecule has 0 amide bonds. The lowest BCUT2D eigenvalue weighted by molar-refractivity contribution is 0.268. The average Bonchev–Trinajstić information content (AvgIpc) is 2.39. The van der Waals surface area contributed by atoms with Crippen LogP contribution in [0.2, 0.25) is 5.02 Å². The first kappa shape index (κ1) is 13.0. The Kier molecular flexibility index (Phi) is 3.97. The maximum absolute atomic E-state index is 9.10. The molecule has 1 aromatic heterocycles. The SMILES string of the molecule is Cc1cccnc1-c1cc(C(N)CO)ccc1Cl. The predicted octanol–water partition coefficient (Wildman–Crippen LogP) is 2.70. The number of hydrogen-bond donors (Lipinski definition) is 2. The summed E-state index contributed by atoms with van der Waals surface area (Å²) >= 11 is 6.21. The smallest absolute Gasteiger partial charge is 0.0746 e. The lowest BCUT2D eigenvalue weighted by Crippen LogP contribution is -2.14. The summed E-state index contributed by atoms with van der Waals surface area (Å²) in [4.78, 5) is 4.35. The molecule has 0 spiro atoms. The van der Waals surface area contributed by atoms with Gasteiger partial charge in [-0.25, -0.2) is 0 Å². The number of aliphatic hydroxyl groups is 1. The molecule has 0 aliphatic rings. The van der Waals surface area contributed by atoms with Gasteiger partial charge in [-0.3, -0.25) is 4.98 Å². The van der Waals surface area contributed by atoms with Gasteiger partial charge in [-0.05, 0) is 36.2 Å². The number of pyridine rings is 1. The first-order valence-electron chi connectivity index (χ1n) is 5.71. The highest BCUT2D eigenvalue weighted by molar-refractivity contribution is 6.33. The normalized spacial score (nSPS) is 12.4. The highest BCUT2D eigenvalue weighted by atomic mass is 35.5. The summed E-state index contributed by atoms with van der Waals surface area (Å²) in [5, 5.41) is 9.73. The van der Waals surface area contributed by atoms with Crippen molar-refractivity contribution in [2.45, 2.75) is 13.0 Å². The van der Waals surface area contributed by atoms with Gasteiger partial charge in [-0.2, -0.15) is 0 Å². The number of aryl methyl sites for hydroxylation is 1. The van der Waals surface area contributed by atoms with E-state index in [4.69, 9.17) is 22.4 Å². The van der Waals surface area contributed by atoms with Crippen LogP contribution in [0.15, 0.2) is 36.5 Å². The van der Waals surface area contributed by atoms with Crippen LogP contribution in [0.5, 0.6) is 0 Å². The Balaban J connectivity index is 2.54. The average molecular weight is 263 g/mol. The number of nitrogens with zero attached hydrogens (tertiary/aromatic N) is 1. The zero-order valence-corrected chi connectivity index (χ0v) is 10.9. The molecule has 3 nitrogen and oxygen atoms in total. The van der Waals surface area contributed by atoms with Gasteiger partial charge < -0.3 is 10.8 Å². The summed E-state index contributed by atoms with van der Waals surface area (Å²) in [6.07, 6.45) is 1.73. The van der Waals surface area contributed by atoms with Gasteiger partial charge in [0.1, 0.15) is 0 Å². The second-order valence-electron chi connectivity index (χ2n) is 4.20. The number of rotatable bonds is 3. The number of aromatic nitrogens is 1. The molecular weight excluding hydrogens is 248 g/mol. The third kappa shape index (κ3) is 2.53. The Bertz CT molecular complexity index is 557. The van der Waals surface area contributed by atoms with E-state index in [1.165, 1.54) is 0 Å². The molecule has 0 fully saturated rings. The van der Waals surface area contributed by atoms with Gasteiger partial charge in [0.25, 0.3) is 0 Å². The van der Waals surface area contributed by atoms with Gasteiger partial charge in [0.15, 0.2) is 0 Å². The lowest BCUT2D eigenvalue weighted by Gasteiger charge is -2.12. The van der Waals surface area contributed by atoms with Crippen molar-refractivity contribution in [3.05, 3.63) is 52.7 Å². The predicted molar refractivity (Wildman–Crippen MR) is 73.4 cm³/mol. The molecule has 4 heteroatoms. The second-order valence-corrected chi connectivity index (χ2v) is 4.60. The Morgan fingerprint density at radius 2 is 2.17 bits per heavy atom. The molecule has 94 valence electrons. The quantitative estimate of drug-likeness (QED) is 0.894. The fourth-order valence-corrected chi connectivity index (χ4v) is 2.04. The van der Waals surface area contributed by atoms with Gasteiger partial charge in [0, 0.05) is 16.8 Å². The molecule has 0 saturated carbocycles. The fourth-order valence-electron chi connectivity index (χ4n) is 1.83. The van der Waals surface area contributed by atoms with Crippen LogP contribution in [0.25, 0.3) is 11.3 Å². The van der Waals surface area contributed by atoms with Crippen LogP contribution in [-0.4, -0.2) is 16.7 Å². The first-order chi connectivity index (χ1) is 8.63. The largest absolute Gasteiger partial charge is 0.394 e. The molecular formula is C14H15ClN2O. The van der Waals surface area contributed by atoms with Gasteiger partial charge in [0.2, 0.25) is 0 Å². The lowest BCUT2D eigenvalue weighted by atomic mass is 10.0. The van der Waals surface area contributed by atoms with Crippen LogP contribution in [0.1, 0.15) is 17.2 Å². The van der Waals surface area contributed by atoms with Crippen LogP contribution in [0.4, 0.5) is 0 Å². The van der Waals surface area contributed by atoms with Crippen molar-refractivity contribution < 1.29 is 5.11 Å². The van der Waals surface area contributed by atoms with Gasteiger partial charge in [0.05, 0.1) is 18.3 Å². The van der Waals surface area contributed by atoms with E-state index in [1.807, 2.05) is 31.2 Å². The minimum absolute atomic E-state index is 0.0950. The summed E-state index contributed by atoms with van der Waals surface area (Å²) in [6.45, 7) is 1.89. The molecule has 0 radical (unpaired) electrons. The summed E-state index contributed by atoms with van der Waals surface area (Å²) < 4.78 is 0. The van der Waals surface area contributed by atoms with E-state index in [9.17, 15) is 0 Å². The number of hydrogen-bond acceptors (Lipinski definition) is 3. The van der Waals surface area contributed by atoms with Crippen LogP contribution >= 0.6 is 11.6 Å². The van der Waals surface area contributed by atoms with Crippen molar-refractivity contribution in [3.63, 3.8) is 0 Å². The monoisotopic (exact) mass is 262 g/mol. The highest BCUT2D eigenvalue weighted by Crippen LogP contribution is 2.30. The van der Waals surface area contributed by atoms with E-state index in [2.05, 4.69) is 4.98 Å². The van der Waals surface area contributed by atoms with E-state index in [0.29, 0.717) is 5.02 Å². The first-order valence-corrected chi connectivity index (χ1v) is 6.09. The van der Waals surface area contributed by atoms with E-state index >= 15 is 0 Å². The van der Waals surface area contributed by atoms with Crippen LogP contribution in [0, 0.1) is 6.92 Å². The van der Waals surface area contributed by atoms with E-state index in [1.54, 1.807) is 12.3 Å². The standard InChI is InChI=1S/C14H15ClN2O/c1-9-3-2-6-17-14(9)11-7-10(13(16)8-18)4-5-12(11)15/h2-7,13,18H,8,16H2,1H3. The molecule has 0 aliphatic heterocycles. The Morgan fingerprint density at radius 3 is 2.83 bits per heavy atom. The summed E-state index contributed by atoms with van der Waals surface area (Å²) in [6, 6.07) is 8.97. The minimum atomic E-state index is -0.398. The molecule has 2 aromatic rings. The van der Waals surface area contributed by atoms with Crippen molar-refractivity contribution >= 4 is 11.6 Å². The molecule has 1 aromatic carbocycles. The van der Waals surface area contributed by atoms with Crippen molar-refractivity contribution in [2.24, 2.45) is 5.73 Å². The third-order valence-electron chi connectivity index (χ3n) is 2.88. The molecule has 0 saturated heterocycles. The molecule has 1 heterocycles. The molecule has 1 atom stereocenters. The van der Waals surface area contributed by atoms with E-state index < -0.39 is 6.04 Å². The fraction of sp³-hybridized carbons (Fsp3) is 0.214. The third-order valence-corrected chi connectivity index (χ3v) is 3.21. The molecule has 18 heavy (non-hydrogen) atoms. The number of halogens is 1. The summed E-state index contributed by atoms with van der Waals surface area (Å²) in [5.41, 5.74) is 9.40. The van der Waals surface area contributed by atoms with Crippen molar-refractivity contribution in [1.29, 1.82) is 0 Å². The van der Waals surface area contributed by atoms with E-state index in [0.717, 1.165) is 22.4 Å². The number of benzene rings is 1. The van der Waals surface area contributed by atoms with Crippen LogP contribution < -0.4 is 5.73 Å². The van der Waals surface area contributed by atoms with Crippen molar-refractivity contribution in [1.82, 2.24) is 4.98 Å². The van der Waals surface area contributed by atoms with Crippen LogP contribution in [-0.2, 0) is 0 Å². The maximum atomic E-state index is 9.10. The maximum Gasteiger partial charge on any atom is 0.0746 e. The van der Waals surface area contributed by atoms with Gasteiger partial charge in [-0.15, -0.1) is 0 Å². The number of nitrogens with two attached hydrogens (primary N) is 1. The number of aliphatic hydroxyl groups excluding tert-OH is 1. The Labute approximate surface area is 111 Å². The molecule has 3 N–H and O–H groups in total. The Morgan fingerprint density at radius 1 is 1.39 bits per heavy atom. The van der Waals surface area contributed by atoms with Crippen LogP contribution in [0.3, 0.4) is 0 Å². The van der Waals surface area contributed by atoms with E-state index in [-0.39, 0.29) is 6.61 Å². The highest BCUT2D eigenvalue weighted by Gasteiger charge is 2.11. The Hall–Kier alpha value is -1.42. The zero-order chi connectivity index (χ0) is 13.1.